The van der Waals surface area contributed by atoms with Gasteiger partial charge < -0.3 is 9.47 Å². The van der Waals surface area contributed by atoms with Gasteiger partial charge in [-0.05, 0) is 23.3 Å². The maximum atomic E-state index is 5.76. The summed E-state index contributed by atoms with van der Waals surface area (Å²) < 4.78 is 11.5. The van der Waals surface area contributed by atoms with E-state index >= 15 is 0 Å². The van der Waals surface area contributed by atoms with Gasteiger partial charge in [0.1, 0.15) is 11.5 Å². The summed E-state index contributed by atoms with van der Waals surface area (Å²) in [4.78, 5) is 0. The predicted molar refractivity (Wildman–Crippen MR) is 107 cm³/mol. The van der Waals surface area contributed by atoms with Crippen LogP contribution in [0.5, 0.6) is 11.5 Å². The molecule has 0 heterocycles. The molecule has 2 nitrogen and oxygen atoms in total. The van der Waals surface area contributed by atoms with E-state index in [0.29, 0.717) is 0 Å². The Hall–Kier alpha value is -2.74. The third-order valence-corrected chi connectivity index (χ3v) is 5.11. The van der Waals surface area contributed by atoms with Crippen molar-refractivity contribution in [2.45, 2.75) is 25.7 Å². The first-order chi connectivity index (χ1) is 12.7. The second-order valence-corrected chi connectivity index (χ2v) is 6.60. The largest absolute Gasteiger partial charge is 0.496 e. The average molecular weight is 346 g/mol. The second kappa shape index (κ2) is 8.09. The van der Waals surface area contributed by atoms with Crippen LogP contribution >= 0.6 is 0 Å². The van der Waals surface area contributed by atoms with Crippen molar-refractivity contribution in [3.8, 4) is 11.5 Å². The average Bonchev–Trinajstić information content (AvgIpc) is 2.73. The number of hydrogen-bond acceptors (Lipinski definition) is 2. The molecule has 0 radical (unpaired) electrons. The van der Waals surface area contributed by atoms with Crippen LogP contribution in [-0.2, 0) is 0 Å². The van der Waals surface area contributed by atoms with E-state index in [0.717, 1.165) is 22.6 Å². The molecule has 0 amide bonds. The molecule has 0 fully saturated rings. The van der Waals surface area contributed by atoms with Crippen LogP contribution < -0.4 is 9.47 Å². The lowest BCUT2D eigenvalue weighted by atomic mass is 9.87. The van der Waals surface area contributed by atoms with Crippen LogP contribution in [0, 0.1) is 0 Å². The van der Waals surface area contributed by atoms with Crippen molar-refractivity contribution in [1.29, 1.82) is 0 Å². The van der Waals surface area contributed by atoms with Crippen molar-refractivity contribution in [2.75, 3.05) is 14.2 Å². The number of rotatable bonds is 6. The lowest BCUT2D eigenvalue weighted by Gasteiger charge is -2.22. The molecular formula is C24H26O2. The fourth-order valence-electron chi connectivity index (χ4n) is 3.46. The Bertz CT molecular complexity index is 768. The van der Waals surface area contributed by atoms with Gasteiger partial charge in [-0.15, -0.1) is 0 Å². The lowest BCUT2D eigenvalue weighted by Crippen LogP contribution is -2.05. The zero-order chi connectivity index (χ0) is 18.5. The standard InChI is InChI=1S/C24H26O2/c1-17(19-11-7-5-8-12-19)21-15-24(26-4)22(16-23(21)25-3)18(2)20-13-9-6-10-14-20/h5-18H,1-4H3. The van der Waals surface area contributed by atoms with Crippen molar-refractivity contribution >= 4 is 0 Å². The van der Waals surface area contributed by atoms with Crippen LogP contribution in [0.15, 0.2) is 72.8 Å². The summed E-state index contributed by atoms with van der Waals surface area (Å²) in [5.41, 5.74) is 4.80. The highest BCUT2D eigenvalue weighted by Crippen LogP contribution is 2.40. The zero-order valence-electron chi connectivity index (χ0n) is 15.9. The molecule has 0 saturated carbocycles. The Balaban J connectivity index is 2.06. The van der Waals surface area contributed by atoms with Crippen molar-refractivity contribution in [3.63, 3.8) is 0 Å². The van der Waals surface area contributed by atoms with Gasteiger partial charge in [-0.1, -0.05) is 74.5 Å². The molecule has 2 atom stereocenters. The minimum absolute atomic E-state index is 0.223. The van der Waals surface area contributed by atoms with Crippen LogP contribution in [0.25, 0.3) is 0 Å². The van der Waals surface area contributed by atoms with Crippen molar-refractivity contribution in [3.05, 3.63) is 95.1 Å². The molecule has 0 aliphatic carbocycles. The maximum absolute atomic E-state index is 5.76. The molecule has 3 aromatic carbocycles. The fourth-order valence-corrected chi connectivity index (χ4v) is 3.46. The number of ether oxygens (including phenoxy) is 2. The summed E-state index contributed by atoms with van der Waals surface area (Å²) in [5, 5.41) is 0. The Morgan fingerprint density at radius 2 is 0.923 bits per heavy atom. The van der Waals surface area contributed by atoms with Crippen LogP contribution in [0.4, 0.5) is 0 Å². The maximum Gasteiger partial charge on any atom is 0.123 e. The molecule has 0 saturated heterocycles. The number of methoxy groups -OCH3 is 2. The molecule has 0 aromatic heterocycles. The van der Waals surface area contributed by atoms with Gasteiger partial charge in [0.15, 0.2) is 0 Å². The van der Waals surface area contributed by atoms with Gasteiger partial charge in [-0.3, -0.25) is 0 Å². The molecule has 2 unspecified atom stereocenters. The highest BCUT2D eigenvalue weighted by molar-refractivity contribution is 5.53. The second-order valence-electron chi connectivity index (χ2n) is 6.60. The highest BCUT2D eigenvalue weighted by atomic mass is 16.5. The fraction of sp³-hybridized carbons (Fsp3) is 0.250. The third kappa shape index (κ3) is 3.60. The van der Waals surface area contributed by atoms with Gasteiger partial charge in [0.2, 0.25) is 0 Å². The highest BCUT2D eigenvalue weighted by Gasteiger charge is 2.21. The summed E-state index contributed by atoms with van der Waals surface area (Å²) >= 11 is 0. The normalized spacial score (nSPS) is 13.1. The topological polar surface area (TPSA) is 18.5 Å². The SMILES string of the molecule is COc1cc(C(C)c2ccccc2)c(OC)cc1C(C)c1ccccc1. The lowest BCUT2D eigenvalue weighted by molar-refractivity contribution is 0.392. The van der Waals surface area contributed by atoms with Gasteiger partial charge in [0.05, 0.1) is 14.2 Å². The monoisotopic (exact) mass is 346 g/mol. The minimum atomic E-state index is 0.223. The van der Waals surface area contributed by atoms with Gasteiger partial charge in [0.25, 0.3) is 0 Å². The van der Waals surface area contributed by atoms with E-state index in [4.69, 9.17) is 9.47 Å². The molecule has 0 N–H and O–H groups in total. The van der Waals surface area contributed by atoms with Gasteiger partial charge in [-0.25, -0.2) is 0 Å². The van der Waals surface area contributed by atoms with E-state index in [-0.39, 0.29) is 11.8 Å². The van der Waals surface area contributed by atoms with Crippen molar-refractivity contribution in [2.24, 2.45) is 0 Å². The minimum Gasteiger partial charge on any atom is -0.496 e. The third-order valence-electron chi connectivity index (χ3n) is 5.11. The molecule has 26 heavy (non-hydrogen) atoms. The number of hydrogen-bond donors (Lipinski definition) is 0. The van der Waals surface area contributed by atoms with Crippen LogP contribution in [0.1, 0.15) is 47.9 Å². The van der Waals surface area contributed by atoms with E-state index in [1.807, 2.05) is 12.1 Å². The van der Waals surface area contributed by atoms with Crippen molar-refractivity contribution in [1.82, 2.24) is 0 Å². The summed E-state index contributed by atoms with van der Waals surface area (Å²) in [6.07, 6.45) is 0. The number of benzene rings is 3. The van der Waals surface area contributed by atoms with E-state index in [9.17, 15) is 0 Å². The summed E-state index contributed by atoms with van der Waals surface area (Å²) in [7, 11) is 3.47. The molecule has 0 aliphatic heterocycles. The van der Waals surface area contributed by atoms with E-state index < -0.39 is 0 Å². The van der Waals surface area contributed by atoms with Crippen LogP contribution in [-0.4, -0.2) is 14.2 Å². The molecular weight excluding hydrogens is 320 g/mol. The molecule has 0 spiro atoms. The summed E-state index contributed by atoms with van der Waals surface area (Å²) in [5.74, 6) is 2.25. The van der Waals surface area contributed by atoms with Gasteiger partial charge in [0, 0.05) is 23.0 Å². The summed E-state index contributed by atoms with van der Waals surface area (Å²) in [6.45, 7) is 4.40. The van der Waals surface area contributed by atoms with Gasteiger partial charge >= 0.3 is 0 Å². The van der Waals surface area contributed by atoms with E-state index in [1.54, 1.807) is 14.2 Å². The Kier molecular flexibility index (Phi) is 5.62. The predicted octanol–water partition coefficient (Wildman–Crippen LogP) is 6.01. The van der Waals surface area contributed by atoms with E-state index in [2.05, 4.69) is 74.5 Å². The first-order valence-electron chi connectivity index (χ1n) is 9.01. The first-order valence-corrected chi connectivity index (χ1v) is 9.01. The Morgan fingerprint density at radius 3 is 1.23 bits per heavy atom. The molecule has 0 bridgehead atoms. The van der Waals surface area contributed by atoms with Crippen LogP contribution in [0.2, 0.25) is 0 Å². The smallest absolute Gasteiger partial charge is 0.123 e. The summed E-state index contributed by atoms with van der Waals surface area (Å²) in [6, 6.07) is 25.2. The first kappa shape index (κ1) is 18.1. The molecule has 0 aliphatic rings. The molecule has 3 aromatic rings. The van der Waals surface area contributed by atoms with E-state index in [1.165, 1.54) is 11.1 Å². The molecule has 134 valence electrons. The zero-order valence-corrected chi connectivity index (χ0v) is 15.9. The Morgan fingerprint density at radius 1 is 0.577 bits per heavy atom. The van der Waals surface area contributed by atoms with Crippen molar-refractivity contribution < 1.29 is 9.47 Å². The molecule has 2 heteroatoms. The van der Waals surface area contributed by atoms with Crippen LogP contribution in [0.3, 0.4) is 0 Å². The van der Waals surface area contributed by atoms with Gasteiger partial charge in [-0.2, -0.15) is 0 Å². The Labute approximate surface area is 156 Å². The molecule has 3 rings (SSSR count). The quantitative estimate of drug-likeness (QED) is 0.544.